The van der Waals surface area contributed by atoms with Gasteiger partial charge in [0, 0.05) is 31.1 Å². The van der Waals surface area contributed by atoms with Crippen LogP contribution in [0.4, 0.5) is 0 Å². The minimum Gasteiger partial charge on any atom is -0.313 e. The molecule has 1 aliphatic heterocycles. The Bertz CT molecular complexity index is 175. The summed E-state index contributed by atoms with van der Waals surface area (Å²) < 4.78 is 0. The highest BCUT2D eigenvalue weighted by Gasteiger charge is 2.18. The summed E-state index contributed by atoms with van der Waals surface area (Å²) >= 11 is 0. The Kier molecular flexibility index (Phi) is 4.27. The molecular weight excluding hydrogens is 160 g/mol. The minimum atomic E-state index is 0.449. The van der Waals surface area contributed by atoms with E-state index in [9.17, 15) is 0 Å². The molecule has 74 valence electrons. The molecule has 13 heavy (non-hydrogen) atoms. The Morgan fingerprint density at radius 3 is 2.92 bits per heavy atom. The van der Waals surface area contributed by atoms with Crippen molar-refractivity contribution in [3.8, 4) is 12.3 Å². The van der Waals surface area contributed by atoms with Gasteiger partial charge in [0.1, 0.15) is 0 Å². The lowest BCUT2D eigenvalue weighted by molar-refractivity contribution is 0.319. The van der Waals surface area contributed by atoms with E-state index in [0.29, 0.717) is 18.1 Å². The third kappa shape index (κ3) is 3.80. The number of piperidine rings is 1. The van der Waals surface area contributed by atoms with Gasteiger partial charge in [-0.15, -0.1) is 12.3 Å². The van der Waals surface area contributed by atoms with Crippen LogP contribution in [-0.4, -0.2) is 24.7 Å². The first-order valence-electron chi connectivity index (χ1n) is 5.15. The van der Waals surface area contributed by atoms with E-state index >= 15 is 0 Å². The van der Waals surface area contributed by atoms with Gasteiger partial charge < -0.3 is 10.6 Å². The van der Waals surface area contributed by atoms with Crippen LogP contribution >= 0.6 is 0 Å². The summed E-state index contributed by atoms with van der Waals surface area (Å²) in [5.74, 6) is 2.68. The first-order chi connectivity index (χ1) is 6.22. The van der Waals surface area contributed by atoms with E-state index in [1.165, 1.54) is 12.8 Å². The lowest BCUT2D eigenvalue weighted by Crippen LogP contribution is -2.49. The first-order valence-corrected chi connectivity index (χ1v) is 5.15. The third-order valence-corrected chi connectivity index (χ3v) is 2.61. The van der Waals surface area contributed by atoms with Crippen LogP contribution in [0.3, 0.4) is 0 Å². The maximum Gasteiger partial charge on any atom is 0.0238 e. The van der Waals surface area contributed by atoms with Crippen LogP contribution in [-0.2, 0) is 0 Å². The Morgan fingerprint density at radius 2 is 2.38 bits per heavy atom. The Balaban J connectivity index is 2.19. The van der Waals surface area contributed by atoms with Crippen molar-refractivity contribution in [1.82, 2.24) is 10.6 Å². The Labute approximate surface area is 81.5 Å². The number of terminal acetylenes is 1. The maximum atomic E-state index is 5.25. The molecule has 2 N–H and O–H groups in total. The zero-order chi connectivity index (χ0) is 9.68. The molecule has 1 fully saturated rings. The van der Waals surface area contributed by atoms with Crippen molar-refractivity contribution in [3.05, 3.63) is 0 Å². The molecule has 1 saturated heterocycles. The van der Waals surface area contributed by atoms with Gasteiger partial charge >= 0.3 is 0 Å². The molecule has 2 nitrogen and oxygen atoms in total. The molecule has 3 unspecified atom stereocenters. The van der Waals surface area contributed by atoms with Crippen LogP contribution < -0.4 is 10.6 Å². The molecule has 0 radical (unpaired) electrons. The van der Waals surface area contributed by atoms with Crippen molar-refractivity contribution >= 4 is 0 Å². The average molecular weight is 180 g/mol. The van der Waals surface area contributed by atoms with Gasteiger partial charge in [0.05, 0.1) is 0 Å². The van der Waals surface area contributed by atoms with Crippen molar-refractivity contribution in [3.63, 3.8) is 0 Å². The number of nitrogens with one attached hydrogen (secondary N) is 2. The SMILES string of the molecule is C#CCC(C)NC1CCC(C)NC1. The molecule has 3 atom stereocenters. The Hall–Kier alpha value is -0.520. The molecule has 0 amide bonds. The second-order valence-corrected chi connectivity index (χ2v) is 4.06. The zero-order valence-corrected chi connectivity index (χ0v) is 8.64. The van der Waals surface area contributed by atoms with Crippen LogP contribution in [0, 0.1) is 12.3 Å². The van der Waals surface area contributed by atoms with Crippen molar-refractivity contribution in [2.24, 2.45) is 0 Å². The van der Waals surface area contributed by atoms with E-state index in [-0.39, 0.29) is 0 Å². The minimum absolute atomic E-state index is 0.449. The molecule has 1 heterocycles. The fourth-order valence-electron chi connectivity index (χ4n) is 1.78. The summed E-state index contributed by atoms with van der Waals surface area (Å²) in [5.41, 5.74) is 0. The summed E-state index contributed by atoms with van der Waals surface area (Å²) in [6.45, 7) is 5.47. The van der Waals surface area contributed by atoms with Crippen molar-refractivity contribution in [1.29, 1.82) is 0 Å². The van der Waals surface area contributed by atoms with Gasteiger partial charge in [0.15, 0.2) is 0 Å². The van der Waals surface area contributed by atoms with Gasteiger partial charge in [-0.3, -0.25) is 0 Å². The first kappa shape index (κ1) is 10.6. The summed E-state index contributed by atoms with van der Waals surface area (Å²) in [7, 11) is 0. The quantitative estimate of drug-likeness (QED) is 0.636. The van der Waals surface area contributed by atoms with Crippen LogP contribution in [0.5, 0.6) is 0 Å². The molecule has 1 aliphatic rings. The van der Waals surface area contributed by atoms with E-state index < -0.39 is 0 Å². The molecule has 0 aliphatic carbocycles. The molecule has 0 aromatic heterocycles. The highest BCUT2D eigenvalue weighted by molar-refractivity contribution is 4.90. The Morgan fingerprint density at radius 1 is 1.62 bits per heavy atom. The number of hydrogen-bond acceptors (Lipinski definition) is 2. The predicted molar refractivity (Wildman–Crippen MR) is 56.5 cm³/mol. The van der Waals surface area contributed by atoms with Gasteiger partial charge in [-0.2, -0.15) is 0 Å². The predicted octanol–water partition coefficient (Wildman–Crippen LogP) is 1.13. The normalized spacial score (nSPS) is 30.8. The standard InChI is InChI=1S/C11H20N2/c1-4-5-10(3)13-11-7-6-9(2)12-8-11/h1,9-13H,5-8H2,2-3H3. The van der Waals surface area contributed by atoms with Crippen molar-refractivity contribution in [2.45, 2.75) is 51.2 Å². The smallest absolute Gasteiger partial charge is 0.0238 e. The molecular formula is C11H20N2. The third-order valence-electron chi connectivity index (χ3n) is 2.61. The van der Waals surface area contributed by atoms with Gasteiger partial charge in [-0.05, 0) is 26.7 Å². The van der Waals surface area contributed by atoms with Crippen molar-refractivity contribution in [2.75, 3.05) is 6.54 Å². The second kappa shape index (κ2) is 5.26. The van der Waals surface area contributed by atoms with Gasteiger partial charge in [-0.25, -0.2) is 0 Å². The molecule has 0 spiro atoms. The largest absolute Gasteiger partial charge is 0.313 e. The van der Waals surface area contributed by atoms with Crippen LogP contribution in [0.25, 0.3) is 0 Å². The lowest BCUT2D eigenvalue weighted by Gasteiger charge is -2.30. The van der Waals surface area contributed by atoms with Crippen LogP contribution in [0.15, 0.2) is 0 Å². The summed E-state index contributed by atoms with van der Waals surface area (Å²) in [4.78, 5) is 0. The molecule has 2 heteroatoms. The highest BCUT2D eigenvalue weighted by atomic mass is 15.0. The fraction of sp³-hybridized carbons (Fsp3) is 0.818. The number of rotatable bonds is 3. The maximum absolute atomic E-state index is 5.25. The van der Waals surface area contributed by atoms with E-state index in [1.54, 1.807) is 0 Å². The summed E-state index contributed by atoms with van der Waals surface area (Å²) in [6.07, 6.45) is 8.61. The van der Waals surface area contributed by atoms with Gasteiger partial charge in [0.25, 0.3) is 0 Å². The topological polar surface area (TPSA) is 24.1 Å². The number of hydrogen-bond donors (Lipinski definition) is 2. The lowest BCUT2D eigenvalue weighted by atomic mass is 10.0. The van der Waals surface area contributed by atoms with E-state index in [1.807, 2.05) is 0 Å². The van der Waals surface area contributed by atoms with Crippen LogP contribution in [0.1, 0.15) is 33.1 Å². The average Bonchev–Trinajstić information content (AvgIpc) is 2.09. The van der Waals surface area contributed by atoms with Gasteiger partial charge in [0.2, 0.25) is 0 Å². The summed E-state index contributed by atoms with van der Waals surface area (Å²) in [5, 5.41) is 7.00. The second-order valence-electron chi connectivity index (χ2n) is 4.06. The fourth-order valence-corrected chi connectivity index (χ4v) is 1.78. The molecule has 0 aromatic carbocycles. The van der Waals surface area contributed by atoms with Crippen LogP contribution in [0.2, 0.25) is 0 Å². The van der Waals surface area contributed by atoms with Crippen molar-refractivity contribution < 1.29 is 0 Å². The highest BCUT2D eigenvalue weighted by Crippen LogP contribution is 2.08. The van der Waals surface area contributed by atoms with Gasteiger partial charge in [-0.1, -0.05) is 0 Å². The monoisotopic (exact) mass is 180 g/mol. The van der Waals surface area contributed by atoms with E-state index in [0.717, 1.165) is 13.0 Å². The zero-order valence-electron chi connectivity index (χ0n) is 8.64. The summed E-state index contributed by atoms with van der Waals surface area (Å²) in [6, 6.07) is 1.74. The molecule has 0 aromatic rings. The molecule has 0 saturated carbocycles. The van der Waals surface area contributed by atoms with E-state index in [4.69, 9.17) is 6.42 Å². The molecule has 0 bridgehead atoms. The molecule has 1 rings (SSSR count). The van der Waals surface area contributed by atoms with E-state index in [2.05, 4.69) is 30.4 Å².